The third-order valence-electron chi connectivity index (χ3n) is 3.88. The number of ether oxygens (including phenoxy) is 1. The fraction of sp³-hybridized carbons (Fsp3) is 0.200. The number of carbonyl (C=O) groups is 2. The van der Waals surface area contributed by atoms with Crippen molar-refractivity contribution in [3.63, 3.8) is 0 Å². The van der Waals surface area contributed by atoms with Crippen LogP contribution in [0.1, 0.15) is 40.5 Å². The Labute approximate surface area is 164 Å². The van der Waals surface area contributed by atoms with Crippen LogP contribution in [0.2, 0.25) is 0 Å². The highest BCUT2D eigenvalue weighted by Gasteiger charge is 2.22. The monoisotopic (exact) mass is 431 g/mol. The number of nitrogens with one attached hydrogen (secondary N) is 1. The van der Waals surface area contributed by atoms with E-state index in [1.165, 1.54) is 11.3 Å². The topological polar surface area (TPSA) is 55.4 Å². The molecule has 0 aliphatic carbocycles. The first-order valence-corrected chi connectivity index (χ1v) is 9.97. The lowest BCUT2D eigenvalue weighted by Crippen LogP contribution is -2.15. The summed E-state index contributed by atoms with van der Waals surface area (Å²) < 4.78 is 7.02. The SMILES string of the molecule is CCCCOC(=O)c1c(NC(=O)c2ccccc2Br)sc2ccccc12. The first kappa shape index (κ1) is 18.6. The van der Waals surface area contributed by atoms with E-state index in [1.807, 2.05) is 37.3 Å². The van der Waals surface area contributed by atoms with Crippen molar-refractivity contribution in [3.05, 3.63) is 64.1 Å². The van der Waals surface area contributed by atoms with E-state index < -0.39 is 5.97 Å². The highest BCUT2D eigenvalue weighted by molar-refractivity contribution is 9.10. The maximum atomic E-state index is 12.7. The molecule has 0 fully saturated rings. The smallest absolute Gasteiger partial charge is 0.341 e. The van der Waals surface area contributed by atoms with Gasteiger partial charge in [0.05, 0.1) is 12.2 Å². The lowest BCUT2D eigenvalue weighted by molar-refractivity contribution is 0.0503. The van der Waals surface area contributed by atoms with Gasteiger partial charge < -0.3 is 10.1 Å². The van der Waals surface area contributed by atoms with Crippen molar-refractivity contribution >= 4 is 54.2 Å². The Kier molecular flexibility index (Phi) is 6.06. The quantitative estimate of drug-likeness (QED) is 0.391. The molecule has 0 aliphatic rings. The van der Waals surface area contributed by atoms with Crippen molar-refractivity contribution in [2.45, 2.75) is 19.8 Å². The Bertz CT molecular complexity index is 951. The fourth-order valence-corrected chi connectivity index (χ4v) is 4.08. The van der Waals surface area contributed by atoms with Crippen molar-refractivity contribution in [2.75, 3.05) is 11.9 Å². The van der Waals surface area contributed by atoms with E-state index in [-0.39, 0.29) is 5.91 Å². The zero-order chi connectivity index (χ0) is 18.5. The molecule has 134 valence electrons. The molecule has 1 aromatic heterocycles. The van der Waals surface area contributed by atoms with Gasteiger partial charge in [-0.1, -0.05) is 43.7 Å². The lowest BCUT2D eigenvalue weighted by Gasteiger charge is -2.08. The van der Waals surface area contributed by atoms with Crippen LogP contribution < -0.4 is 5.32 Å². The molecule has 3 rings (SSSR count). The number of unbranched alkanes of at least 4 members (excludes halogenated alkanes) is 1. The Morgan fingerprint density at radius 3 is 2.62 bits per heavy atom. The average Bonchev–Trinajstić information content (AvgIpc) is 3.00. The van der Waals surface area contributed by atoms with Crippen LogP contribution in [0.3, 0.4) is 0 Å². The summed E-state index contributed by atoms with van der Waals surface area (Å²) in [5, 5.41) is 4.18. The van der Waals surface area contributed by atoms with E-state index in [1.54, 1.807) is 18.2 Å². The van der Waals surface area contributed by atoms with Gasteiger partial charge in [0.25, 0.3) is 5.91 Å². The fourth-order valence-electron chi connectivity index (χ4n) is 2.53. The molecular formula is C20H18BrNO3S. The molecule has 0 saturated heterocycles. The number of esters is 1. The maximum Gasteiger partial charge on any atom is 0.341 e. The van der Waals surface area contributed by atoms with E-state index in [2.05, 4.69) is 21.2 Å². The van der Waals surface area contributed by atoms with Crippen LogP contribution in [-0.2, 0) is 4.74 Å². The summed E-state index contributed by atoms with van der Waals surface area (Å²) in [6.45, 7) is 2.41. The van der Waals surface area contributed by atoms with Gasteiger partial charge >= 0.3 is 5.97 Å². The summed E-state index contributed by atoms with van der Waals surface area (Å²) in [5.41, 5.74) is 0.928. The second-order valence-corrected chi connectivity index (χ2v) is 7.63. The molecule has 1 heterocycles. The van der Waals surface area contributed by atoms with Crippen LogP contribution in [0.15, 0.2) is 53.0 Å². The molecule has 0 spiro atoms. The van der Waals surface area contributed by atoms with Crippen molar-refractivity contribution in [3.8, 4) is 0 Å². The molecule has 0 unspecified atom stereocenters. The van der Waals surface area contributed by atoms with Crippen molar-refractivity contribution in [2.24, 2.45) is 0 Å². The number of halogens is 1. The van der Waals surface area contributed by atoms with Crippen LogP contribution in [0.25, 0.3) is 10.1 Å². The van der Waals surface area contributed by atoms with Gasteiger partial charge in [-0.3, -0.25) is 4.79 Å². The van der Waals surface area contributed by atoms with Crippen LogP contribution in [0.5, 0.6) is 0 Å². The van der Waals surface area contributed by atoms with Gasteiger partial charge in [-0.05, 0) is 40.5 Å². The third-order valence-corrected chi connectivity index (χ3v) is 5.65. The molecule has 1 N–H and O–H groups in total. The van der Waals surface area contributed by atoms with Gasteiger partial charge in [-0.15, -0.1) is 11.3 Å². The van der Waals surface area contributed by atoms with E-state index >= 15 is 0 Å². The van der Waals surface area contributed by atoms with Crippen molar-refractivity contribution < 1.29 is 14.3 Å². The van der Waals surface area contributed by atoms with E-state index in [0.29, 0.717) is 27.2 Å². The van der Waals surface area contributed by atoms with E-state index in [9.17, 15) is 9.59 Å². The Hall–Kier alpha value is -2.18. The van der Waals surface area contributed by atoms with Crippen molar-refractivity contribution in [1.29, 1.82) is 0 Å². The second kappa shape index (κ2) is 8.47. The Morgan fingerprint density at radius 1 is 1.12 bits per heavy atom. The van der Waals surface area contributed by atoms with Crippen LogP contribution >= 0.6 is 27.3 Å². The number of benzene rings is 2. The summed E-state index contributed by atoms with van der Waals surface area (Å²) in [4.78, 5) is 25.3. The number of anilines is 1. The minimum absolute atomic E-state index is 0.272. The summed E-state index contributed by atoms with van der Waals surface area (Å²) in [6, 6.07) is 14.8. The Balaban J connectivity index is 1.94. The number of thiophene rings is 1. The number of rotatable bonds is 6. The molecule has 3 aromatic rings. The number of hydrogen-bond acceptors (Lipinski definition) is 4. The summed E-state index contributed by atoms with van der Waals surface area (Å²) in [7, 11) is 0. The molecular weight excluding hydrogens is 414 g/mol. The highest BCUT2D eigenvalue weighted by atomic mass is 79.9. The highest BCUT2D eigenvalue weighted by Crippen LogP contribution is 2.36. The predicted molar refractivity (Wildman–Crippen MR) is 109 cm³/mol. The predicted octanol–water partition coefficient (Wildman–Crippen LogP) is 5.87. The Morgan fingerprint density at radius 2 is 1.85 bits per heavy atom. The number of fused-ring (bicyclic) bond motifs is 1. The standard InChI is InChI=1S/C20H18BrNO3S/c1-2-3-12-25-20(24)17-14-9-5-7-11-16(14)26-19(17)22-18(23)13-8-4-6-10-15(13)21/h4-11H,2-3,12H2,1H3,(H,22,23). The second-order valence-electron chi connectivity index (χ2n) is 5.73. The zero-order valence-corrected chi connectivity index (χ0v) is 16.7. The summed E-state index contributed by atoms with van der Waals surface area (Å²) in [5.74, 6) is -0.676. The molecule has 0 atom stereocenters. The van der Waals surface area contributed by atoms with Gasteiger partial charge in [0.1, 0.15) is 10.6 Å². The average molecular weight is 432 g/mol. The van der Waals surface area contributed by atoms with Gasteiger partial charge in [0, 0.05) is 14.6 Å². The van der Waals surface area contributed by atoms with Gasteiger partial charge in [0.2, 0.25) is 0 Å². The summed E-state index contributed by atoms with van der Waals surface area (Å²) >= 11 is 4.76. The molecule has 0 bridgehead atoms. The molecule has 26 heavy (non-hydrogen) atoms. The molecule has 0 aliphatic heterocycles. The molecule has 6 heteroatoms. The largest absolute Gasteiger partial charge is 0.462 e. The third kappa shape index (κ3) is 3.97. The van der Waals surface area contributed by atoms with E-state index in [4.69, 9.17) is 4.74 Å². The summed E-state index contributed by atoms with van der Waals surface area (Å²) in [6.07, 6.45) is 1.76. The number of carbonyl (C=O) groups excluding carboxylic acids is 2. The molecule has 0 radical (unpaired) electrons. The normalized spacial score (nSPS) is 10.7. The lowest BCUT2D eigenvalue weighted by atomic mass is 10.1. The van der Waals surface area contributed by atoms with Gasteiger partial charge in [0.15, 0.2) is 0 Å². The van der Waals surface area contributed by atoms with Crippen LogP contribution in [0, 0.1) is 0 Å². The first-order chi connectivity index (χ1) is 12.6. The van der Waals surface area contributed by atoms with Gasteiger partial charge in [-0.2, -0.15) is 0 Å². The molecule has 2 aromatic carbocycles. The van der Waals surface area contributed by atoms with E-state index in [0.717, 1.165) is 22.9 Å². The minimum Gasteiger partial charge on any atom is -0.462 e. The first-order valence-electron chi connectivity index (χ1n) is 8.36. The van der Waals surface area contributed by atoms with Crippen LogP contribution in [-0.4, -0.2) is 18.5 Å². The maximum absolute atomic E-state index is 12.7. The molecule has 4 nitrogen and oxygen atoms in total. The zero-order valence-electron chi connectivity index (χ0n) is 14.3. The number of amides is 1. The molecule has 0 saturated carbocycles. The van der Waals surface area contributed by atoms with Gasteiger partial charge in [-0.25, -0.2) is 4.79 Å². The van der Waals surface area contributed by atoms with Crippen molar-refractivity contribution in [1.82, 2.24) is 0 Å². The minimum atomic E-state index is -0.404. The number of hydrogen-bond donors (Lipinski definition) is 1. The molecule has 1 amide bonds. The van der Waals surface area contributed by atoms with Crippen LogP contribution in [0.4, 0.5) is 5.00 Å².